The van der Waals surface area contributed by atoms with Crippen LogP contribution in [0.3, 0.4) is 0 Å². The number of carbonyl (C=O) groups excluding carboxylic acids is 1. The Morgan fingerprint density at radius 2 is 1.93 bits per heavy atom. The molecule has 0 aromatic carbocycles. The Hall–Kier alpha value is -0.670. The third kappa shape index (κ3) is 1.99. The molecule has 86 valence electrons. The van der Waals surface area contributed by atoms with Crippen molar-refractivity contribution < 1.29 is 18.3 Å². The summed E-state index contributed by atoms with van der Waals surface area (Å²) in [5.74, 6) is -2.80. The second-order valence-corrected chi connectivity index (χ2v) is 4.73. The Balaban J connectivity index is 1.89. The Bertz CT molecular complexity index is 266. The first-order chi connectivity index (χ1) is 6.99. The standard InChI is InChI=1S/C11H16F2O2/c1-2-15-9(14)8-7-10(8)3-5-11(12,13)6-4-10/h8H,2-7H2,1H3/t8-/m1/s1. The molecule has 1 atom stereocenters. The molecule has 4 heteroatoms. The van der Waals surface area contributed by atoms with Gasteiger partial charge in [0, 0.05) is 12.8 Å². The molecule has 0 unspecified atom stereocenters. The van der Waals surface area contributed by atoms with Crippen molar-refractivity contribution in [2.24, 2.45) is 11.3 Å². The van der Waals surface area contributed by atoms with Gasteiger partial charge in [0.1, 0.15) is 0 Å². The predicted octanol–water partition coefficient (Wildman–Crippen LogP) is 2.77. The van der Waals surface area contributed by atoms with Crippen molar-refractivity contribution >= 4 is 5.97 Å². The van der Waals surface area contributed by atoms with Crippen LogP contribution in [0.2, 0.25) is 0 Å². The lowest BCUT2D eigenvalue weighted by molar-refractivity contribution is -0.146. The highest BCUT2D eigenvalue weighted by atomic mass is 19.3. The first-order valence-electron chi connectivity index (χ1n) is 5.54. The summed E-state index contributed by atoms with van der Waals surface area (Å²) in [6, 6.07) is 0. The summed E-state index contributed by atoms with van der Waals surface area (Å²) in [5, 5.41) is 0. The zero-order chi connectivity index (χ0) is 11.1. The zero-order valence-corrected chi connectivity index (χ0v) is 8.89. The second kappa shape index (κ2) is 3.42. The molecule has 0 aliphatic heterocycles. The maximum atomic E-state index is 12.9. The predicted molar refractivity (Wildman–Crippen MR) is 50.6 cm³/mol. The molecule has 0 heterocycles. The van der Waals surface area contributed by atoms with Gasteiger partial charge in [0.2, 0.25) is 5.92 Å². The van der Waals surface area contributed by atoms with Crippen LogP contribution in [-0.4, -0.2) is 18.5 Å². The molecule has 15 heavy (non-hydrogen) atoms. The maximum absolute atomic E-state index is 12.9. The number of carbonyl (C=O) groups is 1. The van der Waals surface area contributed by atoms with E-state index in [4.69, 9.17) is 4.74 Å². The number of rotatable bonds is 2. The van der Waals surface area contributed by atoms with Gasteiger partial charge in [-0.1, -0.05) is 0 Å². The molecule has 2 aliphatic carbocycles. The van der Waals surface area contributed by atoms with Gasteiger partial charge in [-0.05, 0) is 31.6 Å². The molecule has 0 bridgehead atoms. The summed E-state index contributed by atoms with van der Waals surface area (Å²) in [6.45, 7) is 2.14. The van der Waals surface area contributed by atoms with Crippen LogP contribution < -0.4 is 0 Å². The van der Waals surface area contributed by atoms with Crippen molar-refractivity contribution in [1.82, 2.24) is 0 Å². The minimum absolute atomic E-state index is 0.0666. The molecule has 2 nitrogen and oxygen atoms in total. The lowest BCUT2D eigenvalue weighted by atomic mass is 9.82. The Labute approximate surface area is 88.0 Å². The van der Waals surface area contributed by atoms with E-state index in [2.05, 4.69) is 0 Å². The van der Waals surface area contributed by atoms with Crippen molar-refractivity contribution in [2.75, 3.05) is 6.61 Å². The summed E-state index contributed by atoms with van der Waals surface area (Å²) in [7, 11) is 0. The van der Waals surface area contributed by atoms with E-state index in [1.807, 2.05) is 0 Å². The quantitative estimate of drug-likeness (QED) is 0.666. The van der Waals surface area contributed by atoms with E-state index in [1.165, 1.54) is 0 Å². The van der Waals surface area contributed by atoms with Crippen molar-refractivity contribution in [2.45, 2.75) is 45.0 Å². The molecule has 1 spiro atoms. The largest absolute Gasteiger partial charge is 0.466 e. The number of alkyl halides is 2. The third-order valence-electron chi connectivity index (χ3n) is 3.74. The highest BCUT2D eigenvalue weighted by molar-refractivity contribution is 5.77. The number of hydrogen-bond acceptors (Lipinski definition) is 2. The Morgan fingerprint density at radius 3 is 2.47 bits per heavy atom. The highest BCUT2D eigenvalue weighted by Crippen LogP contribution is 2.63. The van der Waals surface area contributed by atoms with E-state index in [1.54, 1.807) is 6.92 Å². The lowest BCUT2D eigenvalue weighted by Crippen LogP contribution is -2.27. The number of esters is 1. The third-order valence-corrected chi connectivity index (χ3v) is 3.74. The van der Waals surface area contributed by atoms with Crippen molar-refractivity contribution in [3.63, 3.8) is 0 Å². The van der Waals surface area contributed by atoms with Crippen LogP contribution in [0.25, 0.3) is 0 Å². The topological polar surface area (TPSA) is 26.3 Å². The van der Waals surface area contributed by atoms with Crippen LogP contribution in [0.4, 0.5) is 8.78 Å². The molecule has 0 radical (unpaired) electrons. The molecule has 0 aromatic rings. The fraction of sp³-hybridized carbons (Fsp3) is 0.909. The number of ether oxygens (including phenoxy) is 1. The molecule has 0 saturated heterocycles. The monoisotopic (exact) mass is 218 g/mol. The van der Waals surface area contributed by atoms with Gasteiger partial charge in [-0.3, -0.25) is 4.79 Å². The molecule has 0 amide bonds. The van der Waals surface area contributed by atoms with Crippen molar-refractivity contribution in [3.8, 4) is 0 Å². The Kier molecular flexibility index (Phi) is 2.47. The van der Waals surface area contributed by atoms with Gasteiger partial charge in [0.15, 0.2) is 0 Å². The van der Waals surface area contributed by atoms with Crippen LogP contribution in [0, 0.1) is 11.3 Å². The molecule has 0 aromatic heterocycles. The SMILES string of the molecule is CCOC(=O)[C@H]1CC12CCC(F)(F)CC2. The zero-order valence-electron chi connectivity index (χ0n) is 8.89. The first kappa shape index (κ1) is 10.8. The molecule has 2 saturated carbocycles. The normalized spacial score (nSPS) is 31.3. The first-order valence-corrected chi connectivity index (χ1v) is 5.54. The van der Waals surface area contributed by atoms with Crippen LogP contribution >= 0.6 is 0 Å². The maximum Gasteiger partial charge on any atom is 0.309 e. The van der Waals surface area contributed by atoms with Crippen molar-refractivity contribution in [1.29, 1.82) is 0 Å². The van der Waals surface area contributed by atoms with E-state index in [0.29, 0.717) is 19.4 Å². The number of halogens is 2. The molecular weight excluding hydrogens is 202 g/mol. The summed E-state index contributed by atoms with van der Waals surface area (Å²) in [6.07, 6.45) is 1.57. The van der Waals surface area contributed by atoms with Gasteiger partial charge in [-0.15, -0.1) is 0 Å². The fourth-order valence-corrected chi connectivity index (χ4v) is 2.59. The average Bonchev–Trinajstić information content (AvgIpc) is 2.87. The highest BCUT2D eigenvalue weighted by Gasteiger charge is 2.61. The smallest absolute Gasteiger partial charge is 0.309 e. The van der Waals surface area contributed by atoms with E-state index >= 15 is 0 Å². The Morgan fingerprint density at radius 1 is 1.33 bits per heavy atom. The molecule has 2 fully saturated rings. The van der Waals surface area contributed by atoms with Gasteiger partial charge in [-0.2, -0.15) is 0 Å². The molecule has 2 rings (SSSR count). The van der Waals surface area contributed by atoms with Gasteiger partial charge >= 0.3 is 5.97 Å². The number of hydrogen-bond donors (Lipinski definition) is 0. The van der Waals surface area contributed by atoms with E-state index in [0.717, 1.165) is 6.42 Å². The van der Waals surface area contributed by atoms with E-state index in [9.17, 15) is 13.6 Å². The van der Waals surface area contributed by atoms with Gasteiger partial charge < -0.3 is 4.74 Å². The molecule has 2 aliphatic rings. The summed E-state index contributed by atoms with van der Waals surface area (Å²) in [4.78, 5) is 11.4. The van der Waals surface area contributed by atoms with E-state index in [-0.39, 0.29) is 30.1 Å². The van der Waals surface area contributed by atoms with Gasteiger partial charge in [0.25, 0.3) is 0 Å². The van der Waals surface area contributed by atoms with Crippen molar-refractivity contribution in [3.05, 3.63) is 0 Å². The lowest BCUT2D eigenvalue weighted by Gasteiger charge is -2.28. The molecular formula is C11H16F2O2. The summed E-state index contributed by atoms with van der Waals surface area (Å²) in [5.41, 5.74) is -0.131. The van der Waals surface area contributed by atoms with E-state index < -0.39 is 5.92 Å². The van der Waals surface area contributed by atoms with Gasteiger partial charge in [0.05, 0.1) is 12.5 Å². The fourth-order valence-electron chi connectivity index (χ4n) is 2.59. The summed E-state index contributed by atoms with van der Waals surface area (Å²) < 4.78 is 30.8. The van der Waals surface area contributed by atoms with Crippen LogP contribution in [0.15, 0.2) is 0 Å². The minimum Gasteiger partial charge on any atom is -0.466 e. The van der Waals surface area contributed by atoms with Crippen LogP contribution in [0.1, 0.15) is 39.0 Å². The second-order valence-electron chi connectivity index (χ2n) is 4.73. The average molecular weight is 218 g/mol. The van der Waals surface area contributed by atoms with Gasteiger partial charge in [-0.25, -0.2) is 8.78 Å². The summed E-state index contributed by atoms with van der Waals surface area (Å²) >= 11 is 0. The minimum atomic E-state index is -2.51. The van der Waals surface area contributed by atoms with Crippen LogP contribution in [-0.2, 0) is 9.53 Å². The molecule has 0 N–H and O–H groups in total. The van der Waals surface area contributed by atoms with Crippen LogP contribution in [0.5, 0.6) is 0 Å².